The molecule has 1 N–H and O–H groups in total. The summed E-state index contributed by atoms with van der Waals surface area (Å²) < 4.78 is 29.6. The van der Waals surface area contributed by atoms with Crippen LogP contribution < -0.4 is 10.2 Å². The Morgan fingerprint density at radius 2 is 1.90 bits per heavy atom. The summed E-state index contributed by atoms with van der Waals surface area (Å²) in [4.78, 5) is 6.11. The van der Waals surface area contributed by atoms with Gasteiger partial charge in [-0.25, -0.2) is 13.8 Å². The number of benzene rings is 1. The topological polar surface area (TPSA) is 33.1 Å². The molecule has 2 aromatic rings. The molecule has 0 aliphatic rings. The van der Waals surface area contributed by atoms with Crippen LogP contribution in [0.2, 0.25) is 0 Å². The minimum Gasteiger partial charge on any atom is -0.375 e. The van der Waals surface area contributed by atoms with Crippen molar-refractivity contribution < 1.29 is 8.78 Å². The van der Waals surface area contributed by atoms with Crippen molar-refractivity contribution in [2.75, 3.05) is 24.3 Å². The fourth-order valence-corrected chi connectivity index (χ4v) is 2.31. The zero-order chi connectivity index (χ0) is 14.9. The number of aromatic nitrogens is 2. The molecule has 0 atom stereocenters. The van der Waals surface area contributed by atoms with E-state index in [1.54, 1.807) is 6.20 Å². The third kappa shape index (κ3) is 2.92. The van der Waals surface area contributed by atoms with Crippen LogP contribution >= 0.6 is 15.9 Å². The smallest absolute Gasteiger partial charge is 0.204 e. The lowest BCUT2D eigenvalue weighted by Crippen LogP contribution is -2.15. The number of nitrogens with zero attached hydrogens (tertiary/aromatic N) is 3. The first kappa shape index (κ1) is 14.8. The highest BCUT2D eigenvalue weighted by Crippen LogP contribution is 2.24. The zero-order valence-corrected chi connectivity index (χ0v) is 13.0. The molecule has 0 spiro atoms. The number of imidazole rings is 1. The standard InChI is InChI=1S/C13H15BrF2N4/c1-19(2)13-18-7-9(20(13)3)6-17-12-10(15)4-8(14)5-11(12)16/h4-5,7,17H,6H2,1-3H3. The first-order valence-corrected chi connectivity index (χ1v) is 6.75. The Balaban J connectivity index is 2.17. The second-order valence-electron chi connectivity index (χ2n) is 4.60. The van der Waals surface area contributed by atoms with Crippen LogP contribution in [0, 0.1) is 11.6 Å². The minimum atomic E-state index is -0.633. The van der Waals surface area contributed by atoms with Gasteiger partial charge in [0.05, 0.1) is 18.4 Å². The maximum Gasteiger partial charge on any atom is 0.204 e. The van der Waals surface area contributed by atoms with Gasteiger partial charge < -0.3 is 14.8 Å². The van der Waals surface area contributed by atoms with E-state index in [-0.39, 0.29) is 12.2 Å². The number of anilines is 2. The van der Waals surface area contributed by atoms with Crippen molar-refractivity contribution in [2.24, 2.45) is 7.05 Å². The SMILES string of the molecule is CN(C)c1ncc(CNc2c(F)cc(Br)cc2F)n1C. The molecule has 0 aliphatic carbocycles. The molecule has 0 saturated carbocycles. The van der Waals surface area contributed by atoms with Gasteiger partial charge in [0.1, 0.15) is 17.3 Å². The lowest BCUT2D eigenvalue weighted by molar-refractivity contribution is 0.586. The van der Waals surface area contributed by atoms with E-state index < -0.39 is 11.6 Å². The summed E-state index contributed by atoms with van der Waals surface area (Å²) in [6, 6.07) is 2.44. The second kappa shape index (κ2) is 5.78. The summed E-state index contributed by atoms with van der Waals surface area (Å²) >= 11 is 3.05. The first-order valence-electron chi connectivity index (χ1n) is 5.96. The zero-order valence-electron chi connectivity index (χ0n) is 11.4. The third-order valence-electron chi connectivity index (χ3n) is 2.91. The van der Waals surface area contributed by atoms with E-state index >= 15 is 0 Å². The largest absolute Gasteiger partial charge is 0.375 e. The Labute approximate surface area is 124 Å². The summed E-state index contributed by atoms with van der Waals surface area (Å²) in [5.41, 5.74) is 0.691. The summed E-state index contributed by atoms with van der Waals surface area (Å²) in [6.45, 7) is 0.285. The molecule has 4 nitrogen and oxygen atoms in total. The van der Waals surface area contributed by atoms with E-state index in [4.69, 9.17) is 0 Å². The number of hydrogen-bond acceptors (Lipinski definition) is 3. The van der Waals surface area contributed by atoms with Crippen LogP contribution in [0.4, 0.5) is 20.4 Å². The highest BCUT2D eigenvalue weighted by Gasteiger charge is 2.12. The van der Waals surface area contributed by atoms with Crippen molar-refractivity contribution in [1.29, 1.82) is 0 Å². The molecule has 0 radical (unpaired) electrons. The quantitative estimate of drug-likeness (QED) is 0.924. The van der Waals surface area contributed by atoms with Crippen LogP contribution in [0.5, 0.6) is 0 Å². The first-order chi connectivity index (χ1) is 9.40. The van der Waals surface area contributed by atoms with E-state index in [1.165, 1.54) is 12.1 Å². The van der Waals surface area contributed by atoms with Crippen molar-refractivity contribution in [2.45, 2.75) is 6.54 Å². The van der Waals surface area contributed by atoms with Gasteiger partial charge in [0.25, 0.3) is 0 Å². The number of halogens is 3. The van der Waals surface area contributed by atoms with Crippen molar-refractivity contribution in [3.63, 3.8) is 0 Å². The molecule has 0 fully saturated rings. The van der Waals surface area contributed by atoms with E-state index in [0.717, 1.165) is 11.6 Å². The van der Waals surface area contributed by atoms with E-state index in [9.17, 15) is 8.78 Å². The van der Waals surface area contributed by atoms with Crippen molar-refractivity contribution in [3.8, 4) is 0 Å². The van der Waals surface area contributed by atoms with E-state index in [0.29, 0.717) is 4.47 Å². The van der Waals surface area contributed by atoms with Gasteiger partial charge in [-0.15, -0.1) is 0 Å². The highest BCUT2D eigenvalue weighted by molar-refractivity contribution is 9.10. The average molecular weight is 345 g/mol. The van der Waals surface area contributed by atoms with Crippen LogP contribution in [-0.2, 0) is 13.6 Å². The van der Waals surface area contributed by atoms with Crippen LogP contribution in [0.15, 0.2) is 22.8 Å². The van der Waals surface area contributed by atoms with Gasteiger partial charge >= 0.3 is 0 Å². The summed E-state index contributed by atoms with van der Waals surface area (Å²) in [5, 5.41) is 2.77. The highest BCUT2D eigenvalue weighted by atomic mass is 79.9. The van der Waals surface area contributed by atoms with E-state index in [2.05, 4.69) is 26.2 Å². The summed E-state index contributed by atoms with van der Waals surface area (Å²) in [5.74, 6) is -0.489. The van der Waals surface area contributed by atoms with Crippen LogP contribution in [-0.4, -0.2) is 23.6 Å². The molecule has 0 saturated heterocycles. The van der Waals surface area contributed by atoms with Crippen LogP contribution in [0.25, 0.3) is 0 Å². The molecule has 1 aromatic heterocycles. The van der Waals surface area contributed by atoms with Gasteiger partial charge in [0, 0.05) is 25.6 Å². The lowest BCUT2D eigenvalue weighted by atomic mass is 10.3. The third-order valence-corrected chi connectivity index (χ3v) is 3.37. The molecule has 108 valence electrons. The molecule has 20 heavy (non-hydrogen) atoms. The summed E-state index contributed by atoms with van der Waals surface area (Å²) in [6.07, 6.45) is 1.68. The van der Waals surface area contributed by atoms with Crippen LogP contribution in [0.3, 0.4) is 0 Å². The molecular formula is C13H15BrF2N4. The number of rotatable bonds is 4. The Hall–Kier alpha value is -1.63. The molecule has 1 heterocycles. The van der Waals surface area contributed by atoms with Gasteiger partial charge in [0.2, 0.25) is 5.95 Å². The van der Waals surface area contributed by atoms with Crippen LogP contribution in [0.1, 0.15) is 5.69 Å². The van der Waals surface area contributed by atoms with Gasteiger partial charge in [0.15, 0.2) is 0 Å². The lowest BCUT2D eigenvalue weighted by Gasteiger charge is -2.13. The van der Waals surface area contributed by atoms with Gasteiger partial charge in [-0.2, -0.15) is 0 Å². The molecular weight excluding hydrogens is 330 g/mol. The Morgan fingerprint density at radius 1 is 1.30 bits per heavy atom. The van der Waals surface area contributed by atoms with Crippen molar-refractivity contribution in [3.05, 3.63) is 40.1 Å². The predicted molar refractivity (Wildman–Crippen MR) is 78.9 cm³/mol. The average Bonchev–Trinajstić information content (AvgIpc) is 2.69. The van der Waals surface area contributed by atoms with Crippen molar-refractivity contribution in [1.82, 2.24) is 9.55 Å². The molecule has 1 aromatic carbocycles. The molecule has 0 amide bonds. The van der Waals surface area contributed by atoms with Gasteiger partial charge in [-0.3, -0.25) is 0 Å². The molecule has 0 aliphatic heterocycles. The molecule has 0 bridgehead atoms. The molecule has 7 heteroatoms. The minimum absolute atomic E-state index is 0.138. The fourth-order valence-electron chi connectivity index (χ4n) is 1.90. The predicted octanol–water partition coefficient (Wildman–Crippen LogP) is 3.14. The van der Waals surface area contributed by atoms with Crippen molar-refractivity contribution >= 4 is 27.6 Å². The Bertz CT molecular complexity index is 602. The fraction of sp³-hybridized carbons (Fsp3) is 0.308. The maximum absolute atomic E-state index is 13.7. The normalized spacial score (nSPS) is 10.7. The monoisotopic (exact) mass is 344 g/mol. The second-order valence-corrected chi connectivity index (χ2v) is 5.52. The molecule has 0 unspecified atom stereocenters. The Morgan fingerprint density at radius 3 is 2.40 bits per heavy atom. The maximum atomic E-state index is 13.7. The molecule has 2 rings (SSSR count). The van der Waals surface area contributed by atoms with Gasteiger partial charge in [-0.1, -0.05) is 15.9 Å². The number of nitrogens with one attached hydrogen (secondary N) is 1. The number of hydrogen-bond donors (Lipinski definition) is 1. The summed E-state index contributed by atoms with van der Waals surface area (Å²) in [7, 11) is 5.62. The van der Waals surface area contributed by atoms with E-state index in [1.807, 2.05) is 30.6 Å². The Kier molecular flexibility index (Phi) is 4.27. The van der Waals surface area contributed by atoms with Gasteiger partial charge in [-0.05, 0) is 12.1 Å².